The van der Waals surface area contributed by atoms with Crippen LogP contribution in [0, 0.1) is 0 Å². The van der Waals surface area contributed by atoms with Crippen LogP contribution in [-0.4, -0.2) is 33.2 Å². The van der Waals surface area contributed by atoms with Crippen molar-refractivity contribution in [3.8, 4) is 0 Å². The summed E-state index contributed by atoms with van der Waals surface area (Å²) in [6.07, 6.45) is 4.30. The van der Waals surface area contributed by atoms with Crippen molar-refractivity contribution in [2.75, 3.05) is 23.9 Å². The average Bonchev–Trinajstić information content (AvgIpc) is 3.06. The van der Waals surface area contributed by atoms with Crippen LogP contribution in [0.4, 0.5) is 10.7 Å². The second kappa shape index (κ2) is 6.23. The summed E-state index contributed by atoms with van der Waals surface area (Å²) in [5, 5.41) is 6.26. The molecule has 0 aliphatic heterocycles. The number of anilines is 2. The van der Waals surface area contributed by atoms with Crippen molar-refractivity contribution in [3.05, 3.63) is 4.88 Å². The van der Waals surface area contributed by atoms with Gasteiger partial charge in [0, 0.05) is 13.1 Å². The molecule has 2 rings (SSSR count). The fourth-order valence-electron chi connectivity index (χ4n) is 2.51. The van der Waals surface area contributed by atoms with Crippen molar-refractivity contribution in [1.82, 2.24) is 5.32 Å². The van der Waals surface area contributed by atoms with Crippen LogP contribution in [0.25, 0.3) is 0 Å². The first-order valence-corrected chi connectivity index (χ1v) is 9.51. The molecule has 6 nitrogen and oxygen atoms in total. The van der Waals surface area contributed by atoms with Crippen molar-refractivity contribution < 1.29 is 13.2 Å². The van der Waals surface area contributed by atoms with Crippen LogP contribution in [0.5, 0.6) is 0 Å². The summed E-state index contributed by atoms with van der Waals surface area (Å²) in [4.78, 5) is 12.2. The Bertz CT molecular complexity index is 631. The SMILES string of the molecule is CCS(=O)(=O)c1c(NC2CCCC2)sc(C(=O)NC)c1N. The zero-order chi connectivity index (χ0) is 15.6. The summed E-state index contributed by atoms with van der Waals surface area (Å²) in [5.74, 6) is -0.398. The number of carbonyl (C=O) groups is 1. The van der Waals surface area contributed by atoms with E-state index in [1.165, 1.54) is 7.05 Å². The predicted octanol–water partition coefficient (Wildman–Crippen LogP) is 1.84. The fraction of sp³-hybridized carbons (Fsp3) is 0.615. The molecule has 1 aromatic heterocycles. The van der Waals surface area contributed by atoms with Gasteiger partial charge in [-0.3, -0.25) is 4.79 Å². The second-order valence-corrected chi connectivity index (χ2v) is 8.35. The molecule has 1 fully saturated rings. The van der Waals surface area contributed by atoms with Crippen LogP contribution < -0.4 is 16.4 Å². The van der Waals surface area contributed by atoms with Crippen LogP contribution in [0.15, 0.2) is 4.90 Å². The van der Waals surface area contributed by atoms with E-state index >= 15 is 0 Å². The minimum Gasteiger partial charge on any atom is -0.396 e. The van der Waals surface area contributed by atoms with Crippen molar-refractivity contribution in [3.63, 3.8) is 0 Å². The first-order chi connectivity index (χ1) is 9.90. The molecule has 0 radical (unpaired) electrons. The van der Waals surface area contributed by atoms with Gasteiger partial charge in [0.2, 0.25) is 0 Å². The zero-order valence-corrected chi connectivity index (χ0v) is 13.9. The lowest BCUT2D eigenvalue weighted by Crippen LogP contribution is -2.18. The third kappa shape index (κ3) is 3.16. The standard InChI is InChI=1S/C13H21N3O3S2/c1-3-21(18,19)11-9(14)10(12(17)15-2)20-13(11)16-8-6-4-5-7-8/h8,16H,3-7,14H2,1-2H3,(H,15,17). The van der Waals surface area contributed by atoms with Gasteiger partial charge in [-0.1, -0.05) is 19.8 Å². The van der Waals surface area contributed by atoms with E-state index in [1.807, 2.05) is 0 Å². The molecule has 0 atom stereocenters. The number of carbonyl (C=O) groups excluding carboxylic acids is 1. The van der Waals surface area contributed by atoms with E-state index in [2.05, 4.69) is 10.6 Å². The number of hydrogen-bond acceptors (Lipinski definition) is 6. The fourth-order valence-corrected chi connectivity index (χ4v) is 5.19. The zero-order valence-electron chi connectivity index (χ0n) is 12.2. The Hall–Kier alpha value is -1.28. The summed E-state index contributed by atoms with van der Waals surface area (Å²) in [7, 11) is -1.98. The van der Waals surface area contributed by atoms with E-state index in [4.69, 9.17) is 5.73 Å². The van der Waals surface area contributed by atoms with Gasteiger partial charge in [0.25, 0.3) is 5.91 Å². The first kappa shape index (κ1) is 16.1. The molecule has 0 aromatic carbocycles. The molecule has 0 unspecified atom stereocenters. The lowest BCUT2D eigenvalue weighted by molar-refractivity contribution is 0.0968. The van der Waals surface area contributed by atoms with Crippen molar-refractivity contribution in [2.45, 2.75) is 43.5 Å². The number of nitrogens with one attached hydrogen (secondary N) is 2. The Labute approximate surface area is 129 Å². The lowest BCUT2D eigenvalue weighted by atomic mass is 10.2. The minimum absolute atomic E-state index is 0.0412. The van der Waals surface area contributed by atoms with Gasteiger partial charge in [0.1, 0.15) is 14.8 Å². The Morgan fingerprint density at radius 1 is 1.38 bits per heavy atom. The molecule has 1 aromatic rings. The van der Waals surface area contributed by atoms with Crippen LogP contribution >= 0.6 is 11.3 Å². The van der Waals surface area contributed by atoms with E-state index < -0.39 is 9.84 Å². The van der Waals surface area contributed by atoms with Gasteiger partial charge in [-0.15, -0.1) is 11.3 Å². The topological polar surface area (TPSA) is 101 Å². The first-order valence-electron chi connectivity index (χ1n) is 7.04. The summed E-state index contributed by atoms with van der Waals surface area (Å²) in [6, 6.07) is 0.256. The van der Waals surface area contributed by atoms with Gasteiger partial charge in [-0.25, -0.2) is 8.42 Å². The van der Waals surface area contributed by atoms with E-state index in [0.29, 0.717) is 5.00 Å². The van der Waals surface area contributed by atoms with Gasteiger partial charge in [-0.2, -0.15) is 0 Å². The van der Waals surface area contributed by atoms with Crippen LogP contribution in [-0.2, 0) is 9.84 Å². The predicted molar refractivity (Wildman–Crippen MR) is 85.7 cm³/mol. The molecule has 1 saturated carbocycles. The molecule has 0 spiro atoms. The highest BCUT2D eigenvalue weighted by Crippen LogP contribution is 2.41. The van der Waals surface area contributed by atoms with Crippen molar-refractivity contribution >= 4 is 37.8 Å². The Balaban J connectivity index is 2.48. The van der Waals surface area contributed by atoms with Crippen molar-refractivity contribution in [2.24, 2.45) is 0 Å². The minimum atomic E-state index is -3.48. The number of rotatable bonds is 5. The third-order valence-corrected chi connectivity index (χ3v) is 6.79. The Kier molecular flexibility index (Phi) is 4.77. The molecule has 0 bridgehead atoms. The number of thiophene rings is 1. The summed E-state index contributed by atoms with van der Waals surface area (Å²) >= 11 is 1.12. The Morgan fingerprint density at radius 2 is 2.00 bits per heavy atom. The van der Waals surface area contributed by atoms with Crippen LogP contribution in [0.2, 0.25) is 0 Å². The maximum atomic E-state index is 12.3. The van der Waals surface area contributed by atoms with Gasteiger partial charge in [0.05, 0.1) is 11.4 Å². The molecule has 1 heterocycles. The number of amides is 1. The number of sulfone groups is 1. The van der Waals surface area contributed by atoms with Crippen molar-refractivity contribution in [1.29, 1.82) is 0 Å². The molecular formula is C13H21N3O3S2. The van der Waals surface area contributed by atoms with Gasteiger partial charge >= 0.3 is 0 Å². The summed E-state index contributed by atoms with van der Waals surface area (Å²) in [6.45, 7) is 1.57. The molecule has 1 amide bonds. The molecular weight excluding hydrogens is 310 g/mol. The van der Waals surface area contributed by atoms with E-state index in [1.54, 1.807) is 6.92 Å². The molecule has 21 heavy (non-hydrogen) atoms. The largest absolute Gasteiger partial charge is 0.396 e. The highest BCUT2D eigenvalue weighted by Gasteiger charge is 2.30. The highest BCUT2D eigenvalue weighted by molar-refractivity contribution is 7.91. The molecule has 4 N–H and O–H groups in total. The molecule has 118 valence electrons. The smallest absolute Gasteiger partial charge is 0.263 e. The maximum absolute atomic E-state index is 12.3. The van der Waals surface area contributed by atoms with E-state index in [9.17, 15) is 13.2 Å². The molecule has 1 aliphatic carbocycles. The van der Waals surface area contributed by atoms with Gasteiger partial charge in [-0.05, 0) is 12.8 Å². The number of nitrogens with two attached hydrogens (primary N) is 1. The molecule has 8 heteroatoms. The van der Waals surface area contributed by atoms with E-state index in [-0.39, 0.29) is 33.2 Å². The number of nitrogen functional groups attached to an aromatic ring is 1. The molecule has 1 aliphatic rings. The lowest BCUT2D eigenvalue weighted by Gasteiger charge is -2.13. The van der Waals surface area contributed by atoms with Gasteiger partial charge < -0.3 is 16.4 Å². The summed E-state index contributed by atoms with van der Waals surface area (Å²) < 4.78 is 24.6. The highest BCUT2D eigenvalue weighted by atomic mass is 32.2. The maximum Gasteiger partial charge on any atom is 0.263 e. The van der Waals surface area contributed by atoms with Crippen LogP contribution in [0.1, 0.15) is 42.3 Å². The van der Waals surface area contributed by atoms with Crippen LogP contribution in [0.3, 0.4) is 0 Å². The average molecular weight is 331 g/mol. The monoisotopic (exact) mass is 331 g/mol. The molecule has 0 saturated heterocycles. The quantitative estimate of drug-likeness (QED) is 0.764. The second-order valence-electron chi connectivity index (χ2n) is 5.11. The normalized spacial score (nSPS) is 16.1. The Morgan fingerprint density at radius 3 is 2.52 bits per heavy atom. The third-order valence-electron chi connectivity index (χ3n) is 3.71. The number of hydrogen-bond donors (Lipinski definition) is 3. The van der Waals surface area contributed by atoms with E-state index in [0.717, 1.165) is 37.0 Å². The van der Waals surface area contributed by atoms with Gasteiger partial charge in [0.15, 0.2) is 9.84 Å². The summed E-state index contributed by atoms with van der Waals surface area (Å²) in [5.41, 5.74) is 6.00.